The highest BCUT2D eigenvalue weighted by molar-refractivity contribution is 5.30. The van der Waals surface area contributed by atoms with Crippen LogP contribution < -0.4 is 0 Å². The van der Waals surface area contributed by atoms with Gasteiger partial charge in [0.25, 0.3) is 20.3 Å². The fourth-order valence-corrected chi connectivity index (χ4v) is 0.493. The number of nitrogens with zero attached hydrogens (tertiary/aromatic N) is 4. The quantitative estimate of drug-likeness (QED) is 0.255. The van der Waals surface area contributed by atoms with E-state index in [2.05, 4.69) is 0 Å². The lowest BCUT2D eigenvalue weighted by Crippen LogP contribution is -1.81. The number of hydrogen-bond donors (Lipinski definition) is 6. The molecule has 18 heteroatoms. The highest BCUT2D eigenvalue weighted by atomic mass is 16.9. The maximum atomic E-state index is 8.65. The predicted octanol–water partition coefficient (Wildman–Crippen LogP) is -0.293. The van der Waals surface area contributed by atoms with Gasteiger partial charge in [-0.3, -0.25) is 0 Å². The Balaban J connectivity index is -0.000000110. The summed E-state index contributed by atoms with van der Waals surface area (Å²) in [6.07, 6.45) is 0. The zero-order valence-corrected chi connectivity index (χ0v) is 11.0. The van der Waals surface area contributed by atoms with Crippen LogP contribution in [-0.4, -0.2) is 51.4 Å². The molecule has 1 aromatic rings. The van der Waals surface area contributed by atoms with Crippen molar-refractivity contribution in [3.8, 4) is 11.5 Å². The van der Waals surface area contributed by atoms with Crippen LogP contribution in [0.3, 0.4) is 0 Å². The van der Waals surface area contributed by atoms with E-state index in [0.717, 1.165) is 0 Å². The summed E-state index contributed by atoms with van der Waals surface area (Å²) in [5, 5.41) is 71.9. The van der Waals surface area contributed by atoms with Gasteiger partial charge in [0.2, 0.25) is 0 Å². The lowest BCUT2D eigenvalue weighted by Gasteiger charge is -1.89. The van der Waals surface area contributed by atoms with Gasteiger partial charge in [-0.05, 0) is 12.1 Å². The summed E-state index contributed by atoms with van der Waals surface area (Å²) in [5.41, 5.74) is 0. The van der Waals surface area contributed by atoms with E-state index in [4.69, 9.17) is 71.5 Å². The molecule has 18 nitrogen and oxygen atoms in total. The topological polar surface area (TPSA) is 294 Å². The number of hydrogen-bond acceptors (Lipinski definition) is 10. The molecule has 0 fully saturated rings. The largest absolute Gasteiger partial charge is 0.508 e. The van der Waals surface area contributed by atoms with E-state index < -0.39 is 20.3 Å². The van der Waals surface area contributed by atoms with E-state index in [-0.39, 0.29) is 11.5 Å². The van der Waals surface area contributed by atoms with Crippen LogP contribution in [0.1, 0.15) is 0 Å². The summed E-state index contributed by atoms with van der Waals surface area (Å²) in [6.45, 7) is 0. The Morgan fingerprint density at radius 1 is 0.625 bits per heavy atom. The molecule has 0 aliphatic heterocycles. The molecular formula is C6H10N4O14. The van der Waals surface area contributed by atoms with Crippen LogP contribution >= 0.6 is 0 Å². The molecule has 0 aliphatic carbocycles. The Hall–Kier alpha value is -4.38. The number of rotatable bonds is 0. The smallest absolute Gasteiger partial charge is 0.291 e. The van der Waals surface area contributed by atoms with E-state index in [0.29, 0.717) is 0 Å². The Morgan fingerprint density at radius 2 is 0.792 bits per heavy atom. The molecule has 24 heavy (non-hydrogen) atoms. The van der Waals surface area contributed by atoms with Gasteiger partial charge < -0.3 is 31.0 Å². The number of benzene rings is 1. The van der Waals surface area contributed by atoms with Gasteiger partial charge in [0.15, 0.2) is 0 Å². The van der Waals surface area contributed by atoms with E-state index in [1.54, 1.807) is 6.07 Å². The molecule has 0 unspecified atom stereocenters. The van der Waals surface area contributed by atoms with Crippen LogP contribution in [0, 0.1) is 40.5 Å². The number of phenolic OH excluding ortho intramolecular Hbond substituents is 2. The molecule has 138 valence electrons. The second-order valence-electron chi connectivity index (χ2n) is 2.47. The minimum Gasteiger partial charge on any atom is -0.508 e. The first kappa shape index (κ1) is 27.9. The van der Waals surface area contributed by atoms with Gasteiger partial charge in [-0.25, -0.2) is 0 Å². The second-order valence-corrected chi connectivity index (χ2v) is 2.47. The molecule has 0 saturated carbocycles. The van der Waals surface area contributed by atoms with Gasteiger partial charge in [-0.2, -0.15) is 0 Å². The highest BCUT2D eigenvalue weighted by Crippen LogP contribution is 2.14. The molecule has 0 heterocycles. The first-order valence-electron chi connectivity index (χ1n) is 4.53. The Kier molecular flexibility index (Phi) is 21.6. The molecule has 1 aromatic carbocycles. The first-order valence-corrected chi connectivity index (χ1v) is 4.53. The van der Waals surface area contributed by atoms with E-state index >= 15 is 0 Å². The zero-order valence-electron chi connectivity index (χ0n) is 11.0. The molecular weight excluding hydrogens is 352 g/mol. The van der Waals surface area contributed by atoms with Crippen molar-refractivity contribution in [3.63, 3.8) is 0 Å². The van der Waals surface area contributed by atoms with Crippen molar-refractivity contribution in [1.82, 2.24) is 0 Å². The van der Waals surface area contributed by atoms with Crippen molar-refractivity contribution in [3.05, 3.63) is 64.7 Å². The van der Waals surface area contributed by atoms with Gasteiger partial charge in [0.05, 0.1) is 0 Å². The summed E-state index contributed by atoms with van der Waals surface area (Å²) in [5.74, 6) is 0.176. The van der Waals surface area contributed by atoms with Crippen molar-refractivity contribution in [2.45, 2.75) is 0 Å². The third-order valence-corrected chi connectivity index (χ3v) is 0.830. The van der Waals surface area contributed by atoms with Crippen molar-refractivity contribution < 1.29 is 51.4 Å². The predicted molar refractivity (Wildman–Crippen MR) is 64.9 cm³/mol. The van der Waals surface area contributed by atoms with Gasteiger partial charge in [-0.1, -0.05) is 6.07 Å². The van der Waals surface area contributed by atoms with Crippen LogP contribution in [0.25, 0.3) is 0 Å². The summed E-state index contributed by atoms with van der Waals surface area (Å²) in [7, 11) is 0. The van der Waals surface area contributed by atoms with Gasteiger partial charge in [-0.15, -0.1) is 40.5 Å². The van der Waals surface area contributed by atoms with Gasteiger partial charge >= 0.3 is 0 Å². The molecule has 0 saturated heterocycles. The molecule has 0 atom stereocenters. The maximum Gasteiger partial charge on any atom is 0.291 e. The molecule has 0 aromatic heterocycles. The Bertz CT molecular complexity index is 425. The average Bonchev–Trinajstić information content (AvgIpc) is 2.24. The molecule has 6 N–H and O–H groups in total. The highest BCUT2D eigenvalue weighted by Gasteiger charge is 1.85. The standard InChI is InChI=1S/C6H6O2.4HNO3/c7-5-2-1-3-6(8)4-5;4*2-1(3)4/h1-4,7-8H;4*(H,2,3,4). The monoisotopic (exact) mass is 362 g/mol. The molecule has 0 radical (unpaired) electrons. The van der Waals surface area contributed by atoms with Gasteiger partial charge in [0.1, 0.15) is 11.5 Å². The third kappa shape index (κ3) is 154. The minimum atomic E-state index is -1.50. The van der Waals surface area contributed by atoms with Crippen LogP contribution in [0.2, 0.25) is 0 Å². The summed E-state index contributed by atoms with van der Waals surface area (Å²) < 4.78 is 0. The lowest BCUT2D eigenvalue weighted by atomic mass is 10.3. The molecule has 0 amide bonds. The summed E-state index contributed by atoms with van der Waals surface area (Å²) in [4.78, 5) is 33.4. The summed E-state index contributed by atoms with van der Waals surface area (Å²) >= 11 is 0. The molecule has 0 spiro atoms. The van der Waals surface area contributed by atoms with Crippen molar-refractivity contribution in [2.24, 2.45) is 0 Å². The molecule has 1 rings (SSSR count). The van der Waals surface area contributed by atoms with Crippen LogP contribution in [0.5, 0.6) is 11.5 Å². The average molecular weight is 362 g/mol. The fourth-order valence-electron chi connectivity index (χ4n) is 0.493. The van der Waals surface area contributed by atoms with E-state index in [9.17, 15) is 0 Å². The van der Waals surface area contributed by atoms with Gasteiger partial charge in [0, 0.05) is 6.07 Å². The Morgan fingerprint density at radius 3 is 0.875 bits per heavy atom. The van der Waals surface area contributed by atoms with Crippen molar-refractivity contribution in [1.29, 1.82) is 0 Å². The number of aromatic hydroxyl groups is 2. The number of phenols is 2. The summed E-state index contributed by atoms with van der Waals surface area (Å²) in [6, 6.07) is 5.85. The third-order valence-electron chi connectivity index (χ3n) is 0.830. The Labute approximate surface area is 129 Å². The van der Waals surface area contributed by atoms with Crippen LogP contribution in [-0.2, 0) is 0 Å². The zero-order chi connectivity index (χ0) is 20.3. The van der Waals surface area contributed by atoms with Crippen LogP contribution in [0.15, 0.2) is 24.3 Å². The minimum absolute atomic E-state index is 0.0880. The first-order chi connectivity index (χ1) is 10.7. The molecule has 0 aliphatic rings. The normalized spacial score (nSPS) is 7.00. The van der Waals surface area contributed by atoms with E-state index in [1.165, 1.54) is 18.2 Å². The molecule has 0 bridgehead atoms. The lowest BCUT2D eigenvalue weighted by molar-refractivity contribution is -0.742. The van der Waals surface area contributed by atoms with Crippen molar-refractivity contribution >= 4 is 0 Å². The SMILES string of the molecule is O=[N+]([O-])O.O=[N+]([O-])O.O=[N+]([O-])O.O=[N+]([O-])O.Oc1cccc(O)c1. The van der Waals surface area contributed by atoms with E-state index in [1.807, 2.05) is 0 Å². The van der Waals surface area contributed by atoms with Crippen molar-refractivity contribution in [2.75, 3.05) is 0 Å². The fraction of sp³-hybridized carbons (Fsp3) is 0. The maximum absolute atomic E-state index is 8.65. The van der Waals surface area contributed by atoms with Crippen LogP contribution in [0.4, 0.5) is 0 Å². The second kappa shape index (κ2) is 18.6.